The van der Waals surface area contributed by atoms with Crippen LogP contribution < -0.4 is 0 Å². The van der Waals surface area contributed by atoms with Crippen molar-refractivity contribution in [3.63, 3.8) is 0 Å². The molecule has 1 atom stereocenters. The third kappa shape index (κ3) is 3.50. The summed E-state index contributed by atoms with van der Waals surface area (Å²) in [5.41, 5.74) is 0. The summed E-state index contributed by atoms with van der Waals surface area (Å²) in [5.74, 6) is -0.0693. The summed E-state index contributed by atoms with van der Waals surface area (Å²) in [5, 5.41) is 0. The standard InChI is InChI=1S/C8H14ClNO3/c1-10(8(11)4-9)5-7-6-12-2-3-13-7/h7H,2-6H2,1H3. The van der Waals surface area contributed by atoms with Crippen molar-refractivity contribution in [3.8, 4) is 0 Å². The molecule has 1 aliphatic rings. The SMILES string of the molecule is CN(CC1COCCO1)C(=O)CCl. The average Bonchev–Trinajstić information content (AvgIpc) is 2.18. The van der Waals surface area contributed by atoms with E-state index in [2.05, 4.69) is 0 Å². The molecule has 0 aliphatic carbocycles. The highest BCUT2D eigenvalue weighted by Gasteiger charge is 2.18. The molecule has 1 amide bonds. The number of carbonyl (C=O) groups excluding carboxylic acids is 1. The minimum Gasteiger partial charge on any atom is -0.376 e. The molecule has 5 heteroatoms. The van der Waals surface area contributed by atoms with Gasteiger partial charge in [-0.05, 0) is 0 Å². The molecule has 0 N–H and O–H groups in total. The van der Waals surface area contributed by atoms with Crippen LogP contribution in [0.2, 0.25) is 0 Å². The van der Waals surface area contributed by atoms with Crippen LogP contribution in [0.15, 0.2) is 0 Å². The molecule has 0 aromatic rings. The Morgan fingerprint density at radius 1 is 1.62 bits per heavy atom. The lowest BCUT2D eigenvalue weighted by atomic mass is 10.3. The Kier molecular flexibility index (Phi) is 4.48. The molecule has 1 rings (SSSR count). The molecule has 1 aliphatic heterocycles. The number of amides is 1. The van der Waals surface area contributed by atoms with Gasteiger partial charge in [0.15, 0.2) is 0 Å². The molecule has 13 heavy (non-hydrogen) atoms. The molecule has 0 saturated carbocycles. The van der Waals surface area contributed by atoms with Crippen LogP contribution in [-0.4, -0.2) is 56.2 Å². The van der Waals surface area contributed by atoms with Gasteiger partial charge in [0.2, 0.25) is 5.91 Å². The van der Waals surface area contributed by atoms with Crippen molar-refractivity contribution in [2.75, 3.05) is 39.3 Å². The van der Waals surface area contributed by atoms with E-state index in [4.69, 9.17) is 21.1 Å². The predicted molar refractivity (Wildman–Crippen MR) is 48.9 cm³/mol. The zero-order valence-electron chi connectivity index (χ0n) is 7.66. The summed E-state index contributed by atoms with van der Waals surface area (Å²) in [6.07, 6.45) is -0.00841. The number of hydrogen-bond acceptors (Lipinski definition) is 3. The molecule has 0 bridgehead atoms. The fourth-order valence-corrected chi connectivity index (χ4v) is 1.36. The highest BCUT2D eigenvalue weighted by molar-refractivity contribution is 6.27. The van der Waals surface area contributed by atoms with Gasteiger partial charge in [-0.2, -0.15) is 0 Å². The number of halogens is 1. The summed E-state index contributed by atoms with van der Waals surface area (Å²) in [6, 6.07) is 0. The van der Waals surface area contributed by atoms with E-state index in [1.54, 1.807) is 11.9 Å². The number of alkyl halides is 1. The van der Waals surface area contributed by atoms with Crippen LogP contribution in [-0.2, 0) is 14.3 Å². The van der Waals surface area contributed by atoms with E-state index in [9.17, 15) is 4.79 Å². The Labute approximate surface area is 82.7 Å². The first-order valence-corrected chi connectivity index (χ1v) is 4.76. The molecule has 0 spiro atoms. The third-order valence-electron chi connectivity index (χ3n) is 1.90. The van der Waals surface area contributed by atoms with Crippen LogP contribution in [0, 0.1) is 0 Å². The molecule has 1 unspecified atom stereocenters. The monoisotopic (exact) mass is 207 g/mol. The van der Waals surface area contributed by atoms with Crippen LogP contribution in [0.1, 0.15) is 0 Å². The Bertz CT molecular complexity index is 171. The number of likely N-dealkylation sites (N-methyl/N-ethyl adjacent to an activating group) is 1. The lowest BCUT2D eigenvalue weighted by Gasteiger charge is -2.27. The van der Waals surface area contributed by atoms with E-state index >= 15 is 0 Å². The Morgan fingerprint density at radius 2 is 2.38 bits per heavy atom. The summed E-state index contributed by atoms with van der Waals surface area (Å²) in [6.45, 7) is 2.35. The fraction of sp³-hybridized carbons (Fsp3) is 0.875. The summed E-state index contributed by atoms with van der Waals surface area (Å²) >= 11 is 5.40. The van der Waals surface area contributed by atoms with Crippen molar-refractivity contribution in [1.82, 2.24) is 4.90 Å². The number of carbonyl (C=O) groups is 1. The first-order chi connectivity index (χ1) is 6.24. The zero-order valence-corrected chi connectivity index (χ0v) is 8.42. The maximum atomic E-state index is 11.1. The first kappa shape index (κ1) is 10.8. The minimum atomic E-state index is -0.0872. The third-order valence-corrected chi connectivity index (χ3v) is 2.13. The minimum absolute atomic E-state index is 0.00841. The van der Waals surface area contributed by atoms with E-state index in [1.165, 1.54) is 0 Å². The molecule has 0 aromatic carbocycles. The predicted octanol–water partition coefficient (Wildman–Crippen LogP) is 0.0990. The Morgan fingerprint density at radius 3 is 2.92 bits per heavy atom. The molecule has 76 valence electrons. The smallest absolute Gasteiger partial charge is 0.237 e. The van der Waals surface area contributed by atoms with E-state index in [0.29, 0.717) is 26.4 Å². The van der Waals surface area contributed by atoms with Gasteiger partial charge in [-0.15, -0.1) is 11.6 Å². The number of hydrogen-bond donors (Lipinski definition) is 0. The van der Waals surface area contributed by atoms with Gasteiger partial charge in [-0.1, -0.05) is 0 Å². The van der Waals surface area contributed by atoms with Crippen LogP contribution in [0.4, 0.5) is 0 Å². The van der Waals surface area contributed by atoms with E-state index < -0.39 is 0 Å². The molecule has 1 heterocycles. The lowest BCUT2D eigenvalue weighted by molar-refractivity contribution is -0.133. The van der Waals surface area contributed by atoms with Crippen LogP contribution in [0.25, 0.3) is 0 Å². The number of ether oxygens (including phenoxy) is 2. The van der Waals surface area contributed by atoms with Gasteiger partial charge < -0.3 is 14.4 Å². The van der Waals surface area contributed by atoms with Crippen molar-refractivity contribution < 1.29 is 14.3 Å². The average molecular weight is 208 g/mol. The second-order valence-electron chi connectivity index (χ2n) is 2.98. The zero-order chi connectivity index (χ0) is 9.68. The van der Waals surface area contributed by atoms with Crippen LogP contribution in [0.3, 0.4) is 0 Å². The topological polar surface area (TPSA) is 38.8 Å². The van der Waals surface area contributed by atoms with Crippen molar-refractivity contribution >= 4 is 17.5 Å². The maximum Gasteiger partial charge on any atom is 0.237 e. The van der Waals surface area contributed by atoms with Gasteiger partial charge in [0.05, 0.1) is 25.9 Å². The van der Waals surface area contributed by atoms with Crippen LogP contribution in [0.5, 0.6) is 0 Å². The molecule has 0 radical (unpaired) electrons. The number of nitrogens with zero attached hydrogens (tertiary/aromatic N) is 1. The first-order valence-electron chi connectivity index (χ1n) is 4.23. The van der Waals surface area contributed by atoms with Crippen molar-refractivity contribution in [2.45, 2.75) is 6.10 Å². The second-order valence-corrected chi connectivity index (χ2v) is 3.24. The highest BCUT2D eigenvalue weighted by atomic mass is 35.5. The van der Waals surface area contributed by atoms with Crippen molar-refractivity contribution in [3.05, 3.63) is 0 Å². The molecular weight excluding hydrogens is 194 g/mol. The normalized spacial score (nSPS) is 22.8. The number of rotatable bonds is 3. The Hall–Kier alpha value is -0.320. The largest absolute Gasteiger partial charge is 0.376 e. The van der Waals surface area contributed by atoms with Gasteiger partial charge in [0, 0.05) is 13.6 Å². The van der Waals surface area contributed by atoms with Gasteiger partial charge in [0.1, 0.15) is 5.88 Å². The maximum absolute atomic E-state index is 11.1. The van der Waals surface area contributed by atoms with E-state index in [1.807, 2.05) is 0 Å². The summed E-state index contributed by atoms with van der Waals surface area (Å²) < 4.78 is 10.6. The second kappa shape index (κ2) is 5.42. The van der Waals surface area contributed by atoms with Gasteiger partial charge in [0.25, 0.3) is 0 Å². The van der Waals surface area contributed by atoms with Gasteiger partial charge in [-0.25, -0.2) is 0 Å². The quantitative estimate of drug-likeness (QED) is 0.617. The summed E-state index contributed by atoms with van der Waals surface area (Å²) in [4.78, 5) is 12.6. The highest BCUT2D eigenvalue weighted by Crippen LogP contribution is 2.02. The molecule has 1 saturated heterocycles. The fourth-order valence-electron chi connectivity index (χ4n) is 1.15. The molecule has 1 fully saturated rings. The van der Waals surface area contributed by atoms with Gasteiger partial charge in [-0.3, -0.25) is 4.79 Å². The Balaban J connectivity index is 2.25. The molecular formula is C8H14ClNO3. The van der Waals surface area contributed by atoms with E-state index in [0.717, 1.165) is 0 Å². The van der Waals surface area contributed by atoms with Crippen molar-refractivity contribution in [2.24, 2.45) is 0 Å². The molecule has 0 aromatic heterocycles. The van der Waals surface area contributed by atoms with E-state index in [-0.39, 0.29) is 17.9 Å². The van der Waals surface area contributed by atoms with Crippen LogP contribution >= 0.6 is 11.6 Å². The lowest BCUT2D eigenvalue weighted by Crippen LogP contribution is -2.41. The molecule has 4 nitrogen and oxygen atoms in total. The summed E-state index contributed by atoms with van der Waals surface area (Å²) in [7, 11) is 1.71. The van der Waals surface area contributed by atoms with Gasteiger partial charge >= 0.3 is 0 Å². The van der Waals surface area contributed by atoms with Crippen molar-refractivity contribution in [1.29, 1.82) is 0 Å².